The highest BCUT2D eigenvalue weighted by Gasteiger charge is 2.40. The first-order chi connectivity index (χ1) is 9.17. The van der Waals surface area contributed by atoms with Gasteiger partial charge < -0.3 is 11.1 Å². The molecule has 2 aromatic rings. The summed E-state index contributed by atoms with van der Waals surface area (Å²) in [6.45, 7) is 0. The van der Waals surface area contributed by atoms with Gasteiger partial charge in [-0.15, -0.1) is 0 Å². The Balaban J connectivity index is 1.71. The van der Waals surface area contributed by atoms with Crippen LogP contribution in [0.1, 0.15) is 19.3 Å². The van der Waals surface area contributed by atoms with Crippen LogP contribution < -0.4 is 11.1 Å². The van der Waals surface area contributed by atoms with Crippen LogP contribution in [-0.2, 0) is 4.79 Å². The van der Waals surface area contributed by atoms with E-state index in [1.165, 1.54) is 0 Å². The summed E-state index contributed by atoms with van der Waals surface area (Å²) in [5.74, 6) is 0.571. The molecule has 0 atom stereocenters. The molecule has 0 radical (unpaired) electrons. The molecular weight excluding hydrogens is 242 g/mol. The standard InChI is InChI=1S/C13H15N5O/c14-13(5-1-6-13)12(19)17-10-3-4-11(15-9-10)18-8-2-7-16-18/h2-4,7-9H,1,5-6,14H2,(H,17,19). The van der Waals surface area contributed by atoms with Gasteiger partial charge in [-0.2, -0.15) is 5.10 Å². The van der Waals surface area contributed by atoms with Gasteiger partial charge in [0.1, 0.15) is 0 Å². The number of pyridine rings is 1. The molecule has 2 aromatic heterocycles. The van der Waals surface area contributed by atoms with E-state index in [1.807, 2.05) is 12.3 Å². The molecule has 0 unspecified atom stereocenters. The summed E-state index contributed by atoms with van der Waals surface area (Å²) < 4.78 is 1.65. The topological polar surface area (TPSA) is 85.8 Å². The number of rotatable bonds is 3. The minimum atomic E-state index is -0.694. The number of hydrogen-bond donors (Lipinski definition) is 2. The van der Waals surface area contributed by atoms with Gasteiger partial charge in [0, 0.05) is 12.4 Å². The SMILES string of the molecule is NC1(C(=O)Nc2ccc(-n3cccn3)nc2)CCC1. The first-order valence-electron chi connectivity index (χ1n) is 6.24. The van der Waals surface area contributed by atoms with Gasteiger partial charge >= 0.3 is 0 Å². The summed E-state index contributed by atoms with van der Waals surface area (Å²) in [5.41, 5.74) is 5.91. The number of carbonyl (C=O) groups is 1. The second-order valence-electron chi connectivity index (χ2n) is 4.82. The highest BCUT2D eigenvalue weighted by Crippen LogP contribution is 2.30. The van der Waals surface area contributed by atoms with Crippen molar-refractivity contribution in [3.05, 3.63) is 36.8 Å². The fourth-order valence-electron chi connectivity index (χ4n) is 2.04. The van der Waals surface area contributed by atoms with E-state index in [1.54, 1.807) is 29.2 Å². The lowest BCUT2D eigenvalue weighted by molar-refractivity contribution is -0.123. The van der Waals surface area contributed by atoms with Crippen molar-refractivity contribution in [2.75, 3.05) is 5.32 Å². The van der Waals surface area contributed by atoms with Gasteiger partial charge in [-0.3, -0.25) is 4.79 Å². The average Bonchev–Trinajstić information content (AvgIpc) is 2.90. The number of amides is 1. The van der Waals surface area contributed by atoms with Crippen LogP contribution in [0.4, 0.5) is 5.69 Å². The van der Waals surface area contributed by atoms with Gasteiger partial charge in [0.25, 0.3) is 0 Å². The van der Waals surface area contributed by atoms with Crippen LogP contribution in [0.3, 0.4) is 0 Å². The number of aromatic nitrogens is 3. The molecule has 1 fully saturated rings. The maximum Gasteiger partial charge on any atom is 0.244 e. The van der Waals surface area contributed by atoms with Crippen LogP contribution in [-0.4, -0.2) is 26.2 Å². The van der Waals surface area contributed by atoms with E-state index in [4.69, 9.17) is 5.73 Å². The van der Waals surface area contributed by atoms with Crippen molar-refractivity contribution in [2.24, 2.45) is 5.73 Å². The number of nitrogens with zero attached hydrogens (tertiary/aromatic N) is 3. The number of hydrogen-bond acceptors (Lipinski definition) is 4. The summed E-state index contributed by atoms with van der Waals surface area (Å²) in [5, 5.41) is 6.89. The maximum atomic E-state index is 11.9. The fraction of sp³-hybridized carbons (Fsp3) is 0.308. The molecule has 1 aliphatic rings. The first-order valence-corrected chi connectivity index (χ1v) is 6.24. The van der Waals surface area contributed by atoms with Gasteiger partial charge in [0.15, 0.2) is 5.82 Å². The van der Waals surface area contributed by atoms with E-state index in [0.717, 1.165) is 19.3 Å². The Bertz CT molecular complexity index is 572. The zero-order chi connectivity index (χ0) is 13.3. The molecular formula is C13H15N5O. The summed E-state index contributed by atoms with van der Waals surface area (Å²) in [6.07, 6.45) is 7.61. The fourth-order valence-corrected chi connectivity index (χ4v) is 2.04. The van der Waals surface area contributed by atoms with Crippen molar-refractivity contribution in [1.29, 1.82) is 0 Å². The third-order valence-electron chi connectivity index (χ3n) is 3.44. The smallest absolute Gasteiger partial charge is 0.244 e. The van der Waals surface area contributed by atoms with Crippen LogP contribution in [0.2, 0.25) is 0 Å². The van der Waals surface area contributed by atoms with Gasteiger partial charge in [0.2, 0.25) is 5.91 Å². The van der Waals surface area contributed by atoms with Crippen molar-refractivity contribution < 1.29 is 4.79 Å². The Morgan fingerprint density at radius 2 is 2.26 bits per heavy atom. The second-order valence-corrected chi connectivity index (χ2v) is 4.82. The van der Waals surface area contributed by atoms with E-state index in [2.05, 4.69) is 15.4 Å². The van der Waals surface area contributed by atoms with E-state index < -0.39 is 5.54 Å². The predicted octanol–water partition coefficient (Wildman–Crippen LogP) is 1.09. The quantitative estimate of drug-likeness (QED) is 0.861. The minimum Gasteiger partial charge on any atom is -0.323 e. The number of anilines is 1. The van der Waals surface area contributed by atoms with Gasteiger partial charge in [0.05, 0.1) is 17.4 Å². The molecule has 6 heteroatoms. The maximum absolute atomic E-state index is 11.9. The molecule has 2 heterocycles. The summed E-state index contributed by atoms with van der Waals surface area (Å²) >= 11 is 0. The lowest BCUT2D eigenvalue weighted by Crippen LogP contribution is -2.56. The number of nitrogens with one attached hydrogen (secondary N) is 1. The summed E-state index contributed by atoms with van der Waals surface area (Å²) in [6, 6.07) is 5.42. The molecule has 6 nitrogen and oxygen atoms in total. The molecule has 0 bridgehead atoms. The molecule has 1 aliphatic carbocycles. The Hall–Kier alpha value is -2.21. The Morgan fingerprint density at radius 1 is 1.42 bits per heavy atom. The van der Waals surface area contributed by atoms with E-state index >= 15 is 0 Å². The second kappa shape index (κ2) is 4.47. The molecule has 3 N–H and O–H groups in total. The first kappa shape index (κ1) is 11.9. The minimum absolute atomic E-state index is 0.132. The van der Waals surface area contributed by atoms with Crippen LogP contribution in [0.15, 0.2) is 36.8 Å². The average molecular weight is 257 g/mol. The van der Waals surface area contributed by atoms with Gasteiger partial charge in [-0.1, -0.05) is 0 Å². The molecule has 0 spiro atoms. The Labute approximate surface area is 110 Å². The van der Waals surface area contributed by atoms with Crippen molar-refractivity contribution in [2.45, 2.75) is 24.8 Å². The van der Waals surface area contributed by atoms with Gasteiger partial charge in [-0.25, -0.2) is 9.67 Å². The molecule has 0 saturated heterocycles. The van der Waals surface area contributed by atoms with Crippen molar-refractivity contribution in [3.8, 4) is 5.82 Å². The van der Waals surface area contributed by atoms with Crippen LogP contribution in [0.5, 0.6) is 0 Å². The molecule has 98 valence electrons. The zero-order valence-electron chi connectivity index (χ0n) is 10.4. The molecule has 0 aliphatic heterocycles. The summed E-state index contributed by atoms with van der Waals surface area (Å²) in [4.78, 5) is 16.2. The van der Waals surface area contributed by atoms with E-state index in [9.17, 15) is 4.79 Å². The summed E-state index contributed by atoms with van der Waals surface area (Å²) in [7, 11) is 0. The van der Waals surface area contributed by atoms with Crippen LogP contribution in [0.25, 0.3) is 5.82 Å². The van der Waals surface area contributed by atoms with E-state index in [-0.39, 0.29) is 5.91 Å². The van der Waals surface area contributed by atoms with Gasteiger partial charge in [-0.05, 0) is 37.5 Å². The normalized spacial score (nSPS) is 16.7. The Morgan fingerprint density at radius 3 is 2.79 bits per heavy atom. The highest BCUT2D eigenvalue weighted by atomic mass is 16.2. The van der Waals surface area contributed by atoms with Crippen LogP contribution in [0, 0.1) is 0 Å². The monoisotopic (exact) mass is 257 g/mol. The van der Waals surface area contributed by atoms with Crippen molar-refractivity contribution in [1.82, 2.24) is 14.8 Å². The molecule has 3 rings (SSSR count). The van der Waals surface area contributed by atoms with E-state index in [0.29, 0.717) is 11.5 Å². The Kier molecular flexibility index (Phi) is 2.79. The number of nitrogens with two attached hydrogens (primary N) is 1. The third-order valence-corrected chi connectivity index (χ3v) is 3.44. The van der Waals surface area contributed by atoms with Crippen molar-refractivity contribution in [3.63, 3.8) is 0 Å². The molecule has 1 amide bonds. The van der Waals surface area contributed by atoms with Crippen LogP contribution >= 0.6 is 0 Å². The molecule has 0 aromatic carbocycles. The lowest BCUT2D eigenvalue weighted by Gasteiger charge is -2.36. The third kappa shape index (κ3) is 2.22. The number of carbonyl (C=O) groups excluding carboxylic acids is 1. The zero-order valence-corrected chi connectivity index (χ0v) is 10.4. The highest BCUT2D eigenvalue weighted by molar-refractivity contribution is 5.98. The lowest BCUT2D eigenvalue weighted by atomic mass is 9.77. The predicted molar refractivity (Wildman–Crippen MR) is 70.8 cm³/mol. The molecule has 1 saturated carbocycles. The van der Waals surface area contributed by atoms with Crippen molar-refractivity contribution >= 4 is 11.6 Å². The largest absolute Gasteiger partial charge is 0.323 e. The molecule has 19 heavy (non-hydrogen) atoms.